The maximum absolute atomic E-state index is 13.8. The molecule has 7 nitrogen and oxygen atoms in total. The molecule has 5 aliphatic carbocycles. The Morgan fingerprint density at radius 2 is 1.57 bits per heavy atom. The lowest BCUT2D eigenvalue weighted by molar-refractivity contribution is -0.248. The number of hydrogen-bond donors (Lipinski definition) is 2. The van der Waals surface area contributed by atoms with Crippen molar-refractivity contribution in [2.24, 2.45) is 56.2 Å². The summed E-state index contributed by atoms with van der Waals surface area (Å²) in [4.78, 5) is 40.4. The first-order valence-corrected chi connectivity index (χ1v) is 19.3. The van der Waals surface area contributed by atoms with E-state index in [1.165, 1.54) is 57.8 Å². The number of hydrogen-bond acceptors (Lipinski definition) is 5. The normalized spacial score (nSPS) is 44.1. The molecule has 2 unspecified atom stereocenters. The number of carboxylic acids is 1. The minimum Gasteiger partial charge on any atom is -0.481 e. The van der Waals surface area contributed by atoms with Crippen molar-refractivity contribution in [2.45, 2.75) is 157 Å². The summed E-state index contributed by atoms with van der Waals surface area (Å²) >= 11 is 0. The van der Waals surface area contributed by atoms with E-state index < -0.39 is 11.4 Å². The third-order valence-electron chi connectivity index (χ3n) is 16.5. The summed E-state index contributed by atoms with van der Waals surface area (Å²) in [6.45, 7) is 18.1. The molecule has 0 radical (unpaired) electrons. The van der Waals surface area contributed by atoms with Gasteiger partial charge in [-0.05, 0) is 128 Å². The van der Waals surface area contributed by atoms with E-state index in [1.807, 2.05) is 20.9 Å². The Hall–Kier alpha value is -1.63. The summed E-state index contributed by atoms with van der Waals surface area (Å²) in [6.07, 6.45) is 15.1. The number of nitrogens with zero attached hydrogens (tertiary/aromatic N) is 1. The van der Waals surface area contributed by atoms with Crippen molar-refractivity contribution in [2.75, 3.05) is 20.1 Å². The van der Waals surface area contributed by atoms with E-state index in [2.05, 4.69) is 44.8 Å². The van der Waals surface area contributed by atoms with Crippen LogP contribution in [0.2, 0.25) is 0 Å². The van der Waals surface area contributed by atoms with Crippen LogP contribution in [0.3, 0.4) is 0 Å². The van der Waals surface area contributed by atoms with Crippen LogP contribution in [0.5, 0.6) is 0 Å². The second-order valence-electron chi connectivity index (χ2n) is 19.6. The van der Waals surface area contributed by atoms with Crippen molar-refractivity contribution in [1.82, 2.24) is 10.2 Å². The molecule has 1 saturated heterocycles. The summed E-state index contributed by atoms with van der Waals surface area (Å²) in [5, 5.41) is 12.7. The van der Waals surface area contributed by atoms with Crippen molar-refractivity contribution in [3.63, 3.8) is 0 Å². The first kappa shape index (κ1) is 35.2. The van der Waals surface area contributed by atoms with Gasteiger partial charge in [0.1, 0.15) is 6.10 Å². The number of ether oxygens (including phenoxy) is 1. The zero-order valence-corrected chi connectivity index (χ0v) is 31.0. The lowest BCUT2D eigenvalue weighted by Crippen LogP contribution is -2.66. The molecule has 0 aromatic carbocycles. The van der Waals surface area contributed by atoms with Gasteiger partial charge in [-0.1, -0.05) is 54.9 Å². The van der Waals surface area contributed by atoms with Gasteiger partial charge >= 0.3 is 11.9 Å². The van der Waals surface area contributed by atoms with Crippen LogP contribution in [-0.2, 0) is 19.1 Å². The molecule has 7 heteroatoms. The average Bonchev–Trinajstić information content (AvgIpc) is 3.62. The number of amides is 1. The zero-order valence-electron chi connectivity index (χ0n) is 31.0. The van der Waals surface area contributed by atoms with Crippen molar-refractivity contribution >= 4 is 17.8 Å². The number of carbonyl (C=O) groups excluding carboxylic acids is 2. The fraction of sp³-hybridized carbons (Fsp3) is 0.925. The fourth-order valence-corrected chi connectivity index (χ4v) is 13.9. The van der Waals surface area contributed by atoms with Crippen molar-refractivity contribution in [3.8, 4) is 0 Å². The van der Waals surface area contributed by atoms with Gasteiger partial charge < -0.3 is 20.1 Å². The Bertz CT molecular complexity index is 1250. The maximum atomic E-state index is 13.8. The van der Waals surface area contributed by atoms with Crippen LogP contribution < -0.4 is 5.32 Å². The highest BCUT2D eigenvalue weighted by molar-refractivity contribution is 5.77. The molecule has 1 heterocycles. The molecule has 6 rings (SSSR count). The van der Waals surface area contributed by atoms with Crippen LogP contribution in [-0.4, -0.2) is 60.1 Å². The summed E-state index contributed by atoms with van der Waals surface area (Å²) in [5.41, 5.74) is 0.218. The molecule has 47 heavy (non-hydrogen) atoms. The van der Waals surface area contributed by atoms with Crippen molar-refractivity contribution in [1.29, 1.82) is 0 Å². The Labute approximate surface area is 285 Å². The van der Waals surface area contributed by atoms with Gasteiger partial charge in [-0.3, -0.25) is 14.4 Å². The zero-order chi connectivity index (χ0) is 34.2. The number of likely N-dealkylation sites (N-methyl/N-ethyl adjacent to an activating group) is 1. The smallest absolute Gasteiger partial charge is 0.306 e. The predicted octanol–water partition coefficient (Wildman–Crippen LogP) is 7.86. The summed E-state index contributed by atoms with van der Waals surface area (Å²) in [5.74, 6) is 1.80. The third-order valence-corrected chi connectivity index (χ3v) is 16.5. The molecule has 0 aromatic heterocycles. The van der Waals surface area contributed by atoms with Gasteiger partial charge in [0.25, 0.3) is 0 Å². The number of likely N-dealkylation sites (tertiary alicyclic amines) is 1. The number of carbonyl (C=O) groups is 3. The van der Waals surface area contributed by atoms with Crippen molar-refractivity contribution in [3.05, 3.63) is 0 Å². The molecule has 1 aliphatic heterocycles. The first-order chi connectivity index (χ1) is 21.9. The lowest BCUT2D eigenvalue weighted by Gasteiger charge is -2.72. The van der Waals surface area contributed by atoms with E-state index in [1.54, 1.807) is 0 Å². The summed E-state index contributed by atoms with van der Waals surface area (Å²) in [6, 6.07) is 0.445. The highest BCUT2D eigenvalue weighted by Gasteiger charge is 2.70. The molecule has 2 N–H and O–H groups in total. The van der Waals surface area contributed by atoms with Crippen LogP contribution in [0.4, 0.5) is 0 Å². The van der Waals surface area contributed by atoms with Gasteiger partial charge in [0.15, 0.2) is 0 Å². The van der Waals surface area contributed by atoms with Crippen LogP contribution in [0.15, 0.2) is 0 Å². The topological polar surface area (TPSA) is 95.9 Å². The molecule has 0 aromatic rings. The number of fused-ring (bicyclic) bond motifs is 7. The Kier molecular flexibility index (Phi) is 8.99. The Morgan fingerprint density at radius 1 is 0.830 bits per heavy atom. The monoisotopic (exact) mass is 654 g/mol. The van der Waals surface area contributed by atoms with E-state index in [9.17, 15) is 19.5 Å². The predicted molar refractivity (Wildman–Crippen MR) is 184 cm³/mol. The number of carboxylic acid groups (broad SMARTS) is 1. The molecule has 1 amide bonds. The Balaban J connectivity index is 1.18. The van der Waals surface area contributed by atoms with Gasteiger partial charge in [0.05, 0.1) is 12.8 Å². The lowest BCUT2D eigenvalue weighted by atomic mass is 9.32. The second kappa shape index (κ2) is 12.0. The molecule has 266 valence electrons. The molecule has 6 fully saturated rings. The van der Waals surface area contributed by atoms with Crippen LogP contribution in [0.25, 0.3) is 0 Å². The molecular weight excluding hydrogens is 588 g/mol. The number of aliphatic carboxylic acids is 1. The van der Waals surface area contributed by atoms with Crippen LogP contribution in [0, 0.1) is 56.2 Å². The van der Waals surface area contributed by atoms with Crippen LogP contribution >= 0.6 is 0 Å². The Morgan fingerprint density at radius 3 is 2.26 bits per heavy atom. The van der Waals surface area contributed by atoms with Gasteiger partial charge in [-0.25, -0.2) is 0 Å². The number of nitrogens with one attached hydrogen (secondary N) is 1. The SMILES string of the molecule is CN[C@@H]1CCN(C(=O)C[C@]23CCC[C@@H]2[C@H]2CCC4[C@@]5(C)CC[C@H](OC(=O)CC(C)(C)CC(=O)O)C(C)(C)C5CC[C@@]4(C)[C@]2(C)CC3)C1. The highest BCUT2D eigenvalue weighted by Crippen LogP contribution is 2.77. The van der Waals surface area contributed by atoms with Gasteiger partial charge in [0.2, 0.25) is 5.91 Å². The van der Waals surface area contributed by atoms with E-state index in [0.717, 1.165) is 38.8 Å². The molecule has 6 aliphatic rings. The largest absolute Gasteiger partial charge is 0.481 e. The maximum Gasteiger partial charge on any atom is 0.306 e. The minimum atomic E-state index is -0.875. The quantitative estimate of drug-likeness (QED) is 0.259. The van der Waals surface area contributed by atoms with E-state index in [4.69, 9.17) is 4.74 Å². The van der Waals surface area contributed by atoms with Gasteiger partial charge in [-0.2, -0.15) is 0 Å². The van der Waals surface area contributed by atoms with Crippen molar-refractivity contribution < 1.29 is 24.2 Å². The molecular formula is C40H66N2O5. The van der Waals surface area contributed by atoms with Gasteiger partial charge in [0, 0.05) is 31.0 Å². The number of rotatable bonds is 8. The molecule has 0 spiro atoms. The second-order valence-corrected chi connectivity index (χ2v) is 19.6. The van der Waals surface area contributed by atoms with Crippen LogP contribution in [0.1, 0.15) is 145 Å². The fourth-order valence-electron chi connectivity index (χ4n) is 13.9. The molecule has 5 saturated carbocycles. The number of esters is 1. The first-order valence-electron chi connectivity index (χ1n) is 19.3. The van der Waals surface area contributed by atoms with E-state index in [-0.39, 0.29) is 46.6 Å². The molecule has 0 bridgehead atoms. The standard InChI is InChI=1S/C40H66N2O5/c1-35(2,23-33(44)45)24-34(46)47-31-14-17-37(5)29(36(31,3)4)13-18-39(7)30(37)12-11-27-28-10-9-16-40(28,20-19-38(27,39)6)22-32(43)42-21-15-26(25-42)41-8/h26-31,41H,9-25H2,1-8H3,(H,44,45)/t26-,27-,28-,29?,30?,31+,37+,38-,39-,40-/m1/s1. The minimum absolute atomic E-state index is 0.0370. The third kappa shape index (κ3) is 5.68. The highest BCUT2D eigenvalue weighted by atomic mass is 16.5. The van der Waals surface area contributed by atoms with E-state index >= 15 is 0 Å². The summed E-state index contributed by atoms with van der Waals surface area (Å²) in [7, 11) is 2.02. The van der Waals surface area contributed by atoms with Gasteiger partial charge in [-0.15, -0.1) is 0 Å². The molecule has 10 atom stereocenters. The summed E-state index contributed by atoms with van der Waals surface area (Å²) < 4.78 is 6.26. The average molecular weight is 655 g/mol. The van der Waals surface area contributed by atoms with E-state index in [0.29, 0.717) is 41.0 Å².